The Hall–Kier alpha value is -2.52. The van der Waals surface area contributed by atoms with E-state index in [1.807, 2.05) is 0 Å². The quantitative estimate of drug-likeness (QED) is 0.487. The van der Waals surface area contributed by atoms with Crippen molar-refractivity contribution >= 4 is 28.7 Å². The number of nitrogens with zero attached hydrogens (tertiary/aromatic N) is 3. The molecule has 0 aliphatic heterocycles. The molecule has 110 valence electrons. The van der Waals surface area contributed by atoms with Gasteiger partial charge in [-0.15, -0.1) is 11.3 Å². The van der Waals surface area contributed by atoms with E-state index in [0.29, 0.717) is 16.1 Å². The number of nitro benzene ring substituents is 1. The van der Waals surface area contributed by atoms with Gasteiger partial charge in [-0.25, -0.2) is 4.98 Å². The zero-order valence-corrected chi connectivity index (χ0v) is 12.6. The average molecular weight is 311 g/mol. The van der Waals surface area contributed by atoms with Gasteiger partial charge >= 0.3 is 0 Å². The molecule has 5 nitrogen and oxygen atoms in total. The number of allylic oxidation sites excluding steroid dienone is 1. The van der Waals surface area contributed by atoms with Crippen LogP contribution >= 0.6 is 11.3 Å². The molecule has 0 radical (unpaired) electrons. The van der Waals surface area contributed by atoms with Crippen LogP contribution in [0, 0.1) is 21.4 Å². The molecule has 1 heterocycles. The van der Waals surface area contributed by atoms with Crippen molar-refractivity contribution in [1.29, 1.82) is 5.26 Å². The monoisotopic (exact) mass is 311 g/mol. The van der Waals surface area contributed by atoms with Crippen LogP contribution in [-0.4, -0.2) is 9.91 Å². The highest BCUT2D eigenvalue weighted by molar-refractivity contribution is 7.13. The second-order valence-electron chi connectivity index (χ2n) is 5.08. The van der Waals surface area contributed by atoms with E-state index in [-0.39, 0.29) is 5.69 Å². The fourth-order valence-corrected chi connectivity index (χ4v) is 3.66. The van der Waals surface area contributed by atoms with Gasteiger partial charge in [0.2, 0.25) is 0 Å². The van der Waals surface area contributed by atoms with E-state index in [1.165, 1.54) is 22.3 Å². The topological polar surface area (TPSA) is 79.8 Å². The molecule has 0 saturated heterocycles. The minimum Gasteiger partial charge on any atom is -0.258 e. The predicted octanol–water partition coefficient (Wildman–Crippen LogP) is 3.99. The largest absolute Gasteiger partial charge is 0.276 e. The van der Waals surface area contributed by atoms with Gasteiger partial charge in [0.1, 0.15) is 11.1 Å². The summed E-state index contributed by atoms with van der Waals surface area (Å²) in [4.78, 5) is 16.4. The van der Waals surface area contributed by atoms with Crippen molar-refractivity contribution in [2.45, 2.75) is 25.7 Å². The smallest absolute Gasteiger partial charge is 0.258 e. The number of aromatic nitrogens is 1. The highest BCUT2D eigenvalue weighted by atomic mass is 32.1. The fourth-order valence-electron chi connectivity index (χ4n) is 2.54. The summed E-state index contributed by atoms with van der Waals surface area (Å²) < 4.78 is 0. The van der Waals surface area contributed by atoms with Crippen molar-refractivity contribution in [2.75, 3.05) is 0 Å². The minimum atomic E-state index is -0.437. The highest BCUT2D eigenvalue weighted by Crippen LogP contribution is 2.32. The molecule has 0 bridgehead atoms. The first kappa shape index (κ1) is 14.4. The Labute approximate surface area is 131 Å². The Morgan fingerprint density at radius 2 is 2.14 bits per heavy atom. The Balaban J connectivity index is 2.03. The Kier molecular flexibility index (Phi) is 3.98. The van der Waals surface area contributed by atoms with Crippen LogP contribution < -0.4 is 0 Å². The number of nitriles is 1. The molecule has 0 unspecified atom stereocenters. The molecular formula is C16H13N3O2S. The maximum atomic E-state index is 11.1. The molecule has 1 aromatic heterocycles. The highest BCUT2D eigenvalue weighted by Gasteiger charge is 2.18. The SMILES string of the molecule is N#CC(=Cc1ccccc1[N+](=O)[O-])c1nc2c(s1)CCCC2. The van der Waals surface area contributed by atoms with Crippen LogP contribution in [0.5, 0.6) is 0 Å². The molecule has 1 aliphatic rings. The van der Waals surface area contributed by atoms with Gasteiger partial charge in [0, 0.05) is 10.9 Å². The number of benzene rings is 1. The molecular weight excluding hydrogens is 298 g/mol. The third-order valence-corrected chi connectivity index (χ3v) is 4.82. The fraction of sp³-hybridized carbons (Fsp3) is 0.250. The molecule has 2 aromatic rings. The summed E-state index contributed by atoms with van der Waals surface area (Å²) in [5.41, 5.74) is 1.89. The molecule has 0 amide bonds. The van der Waals surface area contributed by atoms with Crippen LogP contribution in [0.4, 0.5) is 5.69 Å². The number of fused-ring (bicyclic) bond motifs is 1. The van der Waals surface area contributed by atoms with E-state index in [4.69, 9.17) is 0 Å². The van der Waals surface area contributed by atoms with Gasteiger partial charge in [-0.3, -0.25) is 10.1 Å². The number of para-hydroxylation sites is 1. The van der Waals surface area contributed by atoms with Crippen molar-refractivity contribution < 1.29 is 4.92 Å². The lowest BCUT2D eigenvalue weighted by molar-refractivity contribution is -0.385. The van der Waals surface area contributed by atoms with Crippen LogP contribution in [-0.2, 0) is 12.8 Å². The van der Waals surface area contributed by atoms with Crippen molar-refractivity contribution in [3.05, 3.63) is 55.5 Å². The summed E-state index contributed by atoms with van der Waals surface area (Å²) in [7, 11) is 0. The van der Waals surface area contributed by atoms with Gasteiger partial charge in [-0.2, -0.15) is 5.26 Å². The number of rotatable bonds is 3. The molecule has 3 rings (SSSR count). The molecule has 6 heteroatoms. The number of nitro groups is 1. The second-order valence-corrected chi connectivity index (χ2v) is 6.17. The van der Waals surface area contributed by atoms with E-state index >= 15 is 0 Å². The Bertz CT molecular complexity index is 778. The summed E-state index contributed by atoms with van der Waals surface area (Å²) in [6.45, 7) is 0. The Morgan fingerprint density at radius 3 is 2.86 bits per heavy atom. The van der Waals surface area contributed by atoms with Gasteiger partial charge in [-0.1, -0.05) is 12.1 Å². The zero-order chi connectivity index (χ0) is 15.5. The molecule has 0 N–H and O–H groups in total. The summed E-state index contributed by atoms with van der Waals surface area (Å²) in [5.74, 6) is 0. The maximum absolute atomic E-state index is 11.1. The first-order chi connectivity index (χ1) is 10.7. The van der Waals surface area contributed by atoms with Gasteiger partial charge in [0.05, 0.1) is 21.8 Å². The van der Waals surface area contributed by atoms with Crippen LogP contribution in [0.25, 0.3) is 11.6 Å². The van der Waals surface area contributed by atoms with Crippen molar-refractivity contribution in [2.24, 2.45) is 0 Å². The standard InChI is InChI=1S/C16H13N3O2S/c17-10-12(9-11-5-1-3-7-14(11)19(20)21)16-18-13-6-2-4-8-15(13)22-16/h1,3,5,7,9H,2,4,6,8H2. The number of hydrogen-bond donors (Lipinski definition) is 0. The first-order valence-corrected chi connectivity index (χ1v) is 7.85. The zero-order valence-electron chi connectivity index (χ0n) is 11.8. The lowest BCUT2D eigenvalue weighted by atomic mass is 10.0. The minimum absolute atomic E-state index is 0.00318. The van der Waals surface area contributed by atoms with Crippen LogP contribution in [0.3, 0.4) is 0 Å². The maximum Gasteiger partial charge on any atom is 0.276 e. The summed E-state index contributed by atoms with van der Waals surface area (Å²) >= 11 is 1.53. The summed E-state index contributed by atoms with van der Waals surface area (Å²) in [5, 5.41) is 21.1. The number of hydrogen-bond acceptors (Lipinski definition) is 5. The molecule has 0 saturated carbocycles. The lowest BCUT2D eigenvalue weighted by Crippen LogP contribution is -1.99. The van der Waals surface area contributed by atoms with Crippen molar-refractivity contribution in [1.82, 2.24) is 4.98 Å². The van der Waals surface area contributed by atoms with Gasteiger partial charge in [0.25, 0.3) is 5.69 Å². The van der Waals surface area contributed by atoms with Crippen molar-refractivity contribution in [3.63, 3.8) is 0 Å². The van der Waals surface area contributed by atoms with Crippen LogP contribution in [0.15, 0.2) is 24.3 Å². The number of aryl methyl sites for hydroxylation is 2. The van der Waals surface area contributed by atoms with E-state index in [2.05, 4.69) is 11.1 Å². The summed E-state index contributed by atoms with van der Waals surface area (Å²) in [6.07, 6.45) is 5.81. The molecule has 0 fully saturated rings. The first-order valence-electron chi connectivity index (χ1n) is 7.03. The molecule has 0 spiro atoms. The van der Waals surface area contributed by atoms with Gasteiger partial charge < -0.3 is 0 Å². The number of thiazole rings is 1. The van der Waals surface area contributed by atoms with Crippen molar-refractivity contribution in [3.8, 4) is 6.07 Å². The van der Waals surface area contributed by atoms with E-state index < -0.39 is 4.92 Å². The van der Waals surface area contributed by atoms with Crippen LogP contribution in [0.1, 0.15) is 34.0 Å². The van der Waals surface area contributed by atoms with E-state index in [0.717, 1.165) is 31.4 Å². The molecule has 0 atom stereocenters. The molecule has 22 heavy (non-hydrogen) atoms. The van der Waals surface area contributed by atoms with Gasteiger partial charge in [0.15, 0.2) is 0 Å². The van der Waals surface area contributed by atoms with E-state index in [9.17, 15) is 15.4 Å². The predicted molar refractivity (Wildman–Crippen MR) is 85.3 cm³/mol. The molecule has 1 aliphatic carbocycles. The summed E-state index contributed by atoms with van der Waals surface area (Å²) in [6, 6.07) is 8.55. The van der Waals surface area contributed by atoms with Crippen LogP contribution in [0.2, 0.25) is 0 Å². The average Bonchev–Trinajstić information content (AvgIpc) is 2.96. The third-order valence-electron chi connectivity index (χ3n) is 3.63. The molecule has 1 aromatic carbocycles. The third kappa shape index (κ3) is 2.76. The Morgan fingerprint density at radius 1 is 1.36 bits per heavy atom. The second kappa shape index (κ2) is 6.08. The normalized spacial score (nSPS) is 14.2. The van der Waals surface area contributed by atoms with Gasteiger partial charge in [-0.05, 0) is 37.8 Å². The lowest BCUT2D eigenvalue weighted by Gasteiger charge is -2.06. The van der Waals surface area contributed by atoms with E-state index in [1.54, 1.807) is 24.3 Å².